The molecule has 0 radical (unpaired) electrons. The van der Waals surface area contributed by atoms with Crippen LogP contribution in [0.1, 0.15) is 34.1 Å². The van der Waals surface area contributed by atoms with E-state index in [1.165, 1.54) is 24.3 Å². The molecule has 130 valence electrons. The van der Waals surface area contributed by atoms with E-state index in [1.807, 2.05) is 20.8 Å². The van der Waals surface area contributed by atoms with Crippen molar-refractivity contribution in [3.05, 3.63) is 30.1 Å². The van der Waals surface area contributed by atoms with Gasteiger partial charge in [-0.3, -0.25) is 9.10 Å². The maximum absolute atomic E-state index is 13.1. The highest BCUT2D eigenvalue weighted by molar-refractivity contribution is 7.92. The Morgan fingerprint density at radius 1 is 1.22 bits per heavy atom. The van der Waals surface area contributed by atoms with Gasteiger partial charge in [-0.15, -0.1) is 0 Å². The van der Waals surface area contributed by atoms with Gasteiger partial charge in [0.05, 0.1) is 11.9 Å². The molecule has 23 heavy (non-hydrogen) atoms. The number of carbonyl (C=O) groups is 1. The summed E-state index contributed by atoms with van der Waals surface area (Å²) in [5.41, 5.74) is 0.271. The quantitative estimate of drug-likeness (QED) is 0.826. The van der Waals surface area contributed by atoms with Crippen molar-refractivity contribution in [1.82, 2.24) is 5.32 Å². The molecule has 1 N–H and O–H groups in total. The van der Waals surface area contributed by atoms with E-state index in [0.717, 1.165) is 10.6 Å². The van der Waals surface area contributed by atoms with E-state index >= 15 is 0 Å². The average Bonchev–Trinajstić information content (AvgIpc) is 2.44. The fourth-order valence-corrected chi connectivity index (χ4v) is 3.35. The zero-order valence-electron chi connectivity index (χ0n) is 14.2. The van der Waals surface area contributed by atoms with Crippen LogP contribution >= 0.6 is 0 Å². The molecule has 7 heteroatoms. The Hall–Kier alpha value is -1.63. The number of nitrogens with one attached hydrogen (secondary N) is 1. The van der Waals surface area contributed by atoms with E-state index in [2.05, 4.69) is 5.32 Å². The number of rotatable bonds is 7. The van der Waals surface area contributed by atoms with E-state index in [4.69, 9.17) is 0 Å². The molecule has 1 aromatic carbocycles. The van der Waals surface area contributed by atoms with Gasteiger partial charge in [-0.1, -0.05) is 20.8 Å². The van der Waals surface area contributed by atoms with Gasteiger partial charge in [0.25, 0.3) is 0 Å². The predicted molar refractivity (Wildman–Crippen MR) is 90.2 cm³/mol. The number of benzene rings is 1. The second-order valence-corrected chi connectivity index (χ2v) is 7.86. The van der Waals surface area contributed by atoms with Gasteiger partial charge in [0, 0.05) is 6.04 Å². The summed E-state index contributed by atoms with van der Waals surface area (Å²) in [6.45, 7) is 7.56. The van der Waals surface area contributed by atoms with Crippen LogP contribution in [0.2, 0.25) is 0 Å². The third-order valence-corrected chi connectivity index (χ3v) is 4.96. The molecule has 2 atom stereocenters. The number of anilines is 1. The molecule has 0 aromatic heterocycles. The number of carbonyl (C=O) groups excluding carboxylic acids is 1. The van der Waals surface area contributed by atoms with E-state index in [-0.39, 0.29) is 23.6 Å². The van der Waals surface area contributed by atoms with E-state index in [1.54, 1.807) is 6.92 Å². The Bertz CT molecular complexity index is 629. The first-order chi connectivity index (χ1) is 10.6. The normalized spacial score (nSPS) is 14.4. The molecule has 5 nitrogen and oxygen atoms in total. The molecule has 0 spiro atoms. The van der Waals surface area contributed by atoms with Gasteiger partial charge < -0.3 is 5.32 Å². The third-order valence-electron chi connectivity index (χ3n) is 3.78. The average molecular weight is 344 g/mol. The lowest BCUT2D eigenvalue weighted by molar-refractivity contribution is -0.123. The first kappa shape index (κ1) is 19.4. The highest BCUT2D eigenvalue weighted by Gasteiger charge is 2.32. The number of halogens is 1. The molecular weight excluding hydrogens is 319 g/mol. The van der Waals surface area contributed by atoms with Crippen LogP contribution in [-0.2, 0) is 14.8 Å². The van der Waals surface area contributed by atoms with Crippen molar-refractivity contribution >= 4 is 21.6 Å². The zero-order valence-corrected chi connectivity index (χ0v) is 15.0. The maximum Gasteiger partial charge on any atom is 0.244 e. The van der Waals surface area contributed by atoms with Crippen LogP contribution in [0.15, 0.2) is 24.3 Å². The Labute approximate surface area is 137 Å². The smallest absolute Gasteiger partial charge is 0.244 e. The van der Waals surface area contributed by atoms with Crippen LogP contribution in [0.3, 0.4) is 0 Å². The van der Waals surface area contributed by atoms with Crippen LogP contribution in [0, 0.1) is 11.7 Å². The molecule has 1 aromatic rings. The summed E-state index contributed by atoms with van der Waals surface area (Å²) >= 11 is 0. The largest absolute Gasteiger partial charge is 0.352 e. The molecule has 0 fully saturated rings. The van der Waals surface area contributed by atoms with Crippen molar-refractivity contribution < 1.29 is 17.6 Å². The van der Waals surface area contributed by atoms with Gasteiger partial charge in [0.1, 0.15) is 11.9 Å². The molecule has 0 aliphatic rings. The van der Waals surface area contributed by atoms with Crippen LogP contribution in [0.5, 0.6) is 0 Å². The molecule has 0 bridgehead atoms. The first-order valence-corrected chi connectivity index (χ1v) is 9.48. The van der Waals surface area contributed by atoms with Crippen LogP contribution in [0.4, 0.5) is 10.1 Å². The minimum atomic E-state index is -3.69. The minimum absolute atomic E-state index is 0.0776. The number of hydrogen-bond donors (Lipinski definition) is 1. The Morgan fingerprint density at radius 2 is 1.74 bits per heavy atom. The van der Waals surface area contributed by atoms with Gasteiger partial charge in [0.2, 0.25) is 15.9 Å². The molecule has 1 amide bonds. The van der Waals surface area contributed by atoms with Crippen molar-refractivity contribution in [2.45, 2.75) is 46.2 Å². The van der Waals surface area contributed by atoms with Crippen molar-refractivity contribution in [3.8, 4) is 0 Å². The molecule has 0 saturated heterocycles. The van der Waals surface area contributed by atoms with Crippen molar-refractivity contribution in [1.29, 1.82) is 0 Å². The lowest BCUT2D eigenvalue weighted by atomic mass is 10.1. The Morgan fingerprint density at radius 3 is 2.13 bits per heavy atom. The lowest BCUT2D eigenvalue weighted by Gasteiger charge is -2.31. The summed E-state index contributed by atoms with van der Waals surface area (Å²) in [6, 6.07) is 4.11. The van der Waals surface area contributed by atoms with Crippen LogP contribution < -0.4 is 9.62 Å². The minimum Gasteiger partial charge on any atom is -0.352 e. The summed E-state index contributed by atoms with van der Waals surface area (Å²) in [7, 11) is -3.69. The summed E-state index contributed by atoms with van der Waals surface area (Å²) in [5.74, 6) is -0.592. The molecule has 0 unspecified atom stereocenters. The van der Waals surface area contributed by atoms with E-state index in [9.17, 15) is 17.6 Å². The Balaban J connectivity index is 3.18. The van der Waals surface area contributed by atoms with Crippen molar-refractivity contribution in [2.24, 2.45) is 5.92 Å². The number of nitrogens with zero attached hydrogens (tertiary/aromatic N) is 1. The second-order valence-electron chi connectivity index (χ2n) is 6.00. The highest BCUT2D eigenvalue weighted by atomic mass is 32.2. The summed E-state index contributed by atoms with van der Waals surface area (Å²) in [5, 5.41) is 2.84. The monoisotopic (exact) mass is 344 g/mol. The maximum atomic E-state index is 13.1. The molecule has 0 aliphatic carbocycles. The number of hydrogen-bond acceptors (Lipinski definition) is 3. The Kier molecular flexibility index (Phi) is 6.56. The fourth-order valence-electron chi connectivity index (χ4n) is 2.14. The van der Waals surface area contributed by atoms with E-state index in [0.29, 0.717) is 6.42 Å². The van der Waals surface area contributed by atoms with Gasteiger partial charge >= 0.3 is 0 Å². The predicted octanol–water partition coefficient (Wildman–Crippen LogP) is 2.53. The van der Waals surface area contributed by atoms with E-state index < -0.39 is 21.9 Å². The molecule has 0 heterocycles. The highest BCUT2D eigenvalue weighted by Crippen LogP contribution is 2.23. The fraction of sp³-hybridized carbons (Fsp3) is 0.562. The SMILES string of the molecule is CC[C@@H](C(=O)N[C@@H](C)C(C)C)N(c1ccc(F)cc1)S(C)(=O)=O. The lowest BCUT2D eigenvalue weighted by Crippen LogP contribution is -2.51. The summed E-state index contributed by atoms with van der Waals surface area (Å²) in [6.07, 6.45) is 1.35. The summed E-state index contributed by atoms with van der Waals surface area (Å²) < 4.78 is 38.5. The topological polar surface area (TPSA) is 66.5 Å². The van der Waals surface area contributed by atoms with Gasteiger partial charge in [0.15, 0.2) is 0 Å². The standard InChI is InChI=1S/C16H25FN2O3S/c1-6-15(16(20)18-12(4)11(2)3)19(23(5,21)22)14-9-7-13(17)8-10-14/h7-12,15H,6H2,1-5H3,(H,18,20)/t12-,15-/m0/s1. The van der Waals surface area contributed by atoms with Crippen LogP contribution in [0.25, 0.3) is 0 Å². The van der Waals surface area contributed by atoms with Crippen molar-refractivity contribution in [3.63, 3.8) is 0 Å². The van der Waals surface area contributed by atoms with Crippen LogP contribution in [-0.4, -0.2) is 32.7 Å². The molecular formula is C16H25FN2O3S. The molecule has 1 rings (SSSR count). The summed E-state index contributed by atoms with van der Waals surface area (Å²) in [4.78, 5) is 12.5. The molecule has 0 saturated carbocycles. The number of amides is 1. The second kappa shape index (κ2) is 7.77. The van der Waals surface area contributed by atoms with Crippen molar-refractivity contribution in [2.75, 3.05) is 10.6 Å². The number of sulfonamides is 1. The zero-order chi connectivity index (χ0) is 17.8. The van der Waals surface area contributed by atoms with Gasteiger partial charge in [-0.05, 0) is 43.5 Å². The van der Waals surface area contributed by atoms with Gasteiger partial charge in [-0.2, -0.15) is 0 Å². The molecule has 0 aliphatic heterocycles. The third kappa shape index (κ3) is 5.20. The first-order valence-electron chi connectivity index (χ1n) is 7.63. The van der Waals surface area contributed by atoms with Gasteiger partial charge in [-0.25, -0.2) is 12.8 Å².